The second-order valence-electron chi connectivity index (χ2n) is 7.83. The summed E-state index contributed by atoms with van der Waals surface area (Å²) in [5.74, 6) is 0.461. The van der Waals surface area contributed by atoms with Crippen molar-refractivity contribution in [2.45, 2.75) is 33.2 Å². The Labute approximate surface area is 164 Å². The van der Waals surface area contributed by atoms with E-state index >= 15 is 0 Å². The summed E-state index contributed by atoms with van der Waals surface area (Å²) in [6.45, 7) is 6.06. The van der Waals surface area contributed by atoms with Crippen LogP contribution in [-0.2, 0) is 6.54 Å². The Kier molecular flexibility index (Phi) is 4.99. The summed E-state index contributed by atoms with van der Waals surface area (Å²) < 4.78 is 1.62. The molecule has 5 heteroatoms. The maximum atomic E-state index is 13.3. The third-order valence-corrected chi connectivity index (χ3v) is 5.61. The summed E-state index contributed by atoms with van der Waals surface area (Å²) in [4.78, 5) is 32.6. The molecule has 1 saturated heterocycles. The van der Waals surface area contributed by atoms with Gasteiger partial charge in [0.15, 0.2) is 0 Å². The molecule has 1 aromatic carbocycles. The van der Waals surface area contributed by atoms with Gasteiger partial charge >= 0.3 is 0 Å². The number of aromatic nitrogens is 2. The minimum atomic E-state index is -0.268. The Balaban J connectivity index is 1.77. The van der Waals surface area contributed by atoms with Gasteiger partial charge in [0.25, 0.3) is 11.5 Å². The monoisotopic (exact) mass is 375 g/mol. The molecule has 0 saturated carbocycles. The molecule has 0 bridgehead atoms. The molecule has 0 unspecified atom stereocenters. The van der Waals surface area contributed by atoms with Crippen molar-refractivity contribution in [1.29, 1.82) is 0 Å². The summed E-state index contributed by atoms with van der Waals surface area (Å²) in [5.41, 5.74) is 2.76. The van der Waals surface area contributed by atoms with E-state index in [-0.39, 0.29) is 17.0 Å². The standard InChI is InChI=1S/C23H25N3O2/c1-16-5-7-18(8-6-16)15-26-21-19(4-3-11-24-21)14-20(23(26)28)22(27)25-12-9-17(2)10-13-25/h3-8,11,14,17H,9-10,12-13,15H2,1-2H3. The van der Waals surface area contributed by atoms with Crippen LogP contribution in [-0.4, -0.2) is 33.4 Å². The SMILES string of the molecule is Cc1ccc(Cn2c(=O)c(C(=O)N3CCC(C)CC3)cc3cccnc32)cc1. The lowest BCUT2D eigenvalue weighted by Gasteiger charge is -2.30. The summed E-state index contributed by atoms with van der Waals surface area (Å²) >= 11 is 0. The van der Waals surface area contributed by atoms with Gasteiger partial charge in [0, 0.05) is 24.7 Å². The number of nitrogens with zero attached hydrogens (tertiary/aromatic N) is 3. The fourth-order valence-corrected chi connectivity index (χ4v) is 3.76. The largest absolute Gasteiger partial charge is 0.338 e. The summed E-state index contributed by atoms with van der Waals surface area (Å²) in [6.07, 6.45) is 3.65. The number of piperidine rings is 1. The minimum absolute atomic E-state index is 0.166. The molecule has 4 rings (SSSR count). The van der Waals surface area contributed by atoms with Crippen LogP contribution in [0, 0.1) is 12.8 Å². The lowest BCUT2D eigenvalue weighted by Crippen LogP contribution is -2.41. The van der Waals surface area contributed by atoms with E-state index < -0.39 is 0 Å². The van der Waals surface area contributed by atoms with Crippen LogP contribution in [0.4, 0.5) is 0 Å². The van der Waals surface area contributed by atoms with Gasteiger partial charge in [0.2, 0.25) is 0 Å². The third kappa shape index (κ3) is 3.57. The molecule has 2 aromatic heterocycles. The van der Waals surface area contributed by atoms with Gasteiger partial charge in [-0.25, -0.2) is 4.98 Å². The first-order valence-electron chi connectivity index (χ1n) is 9.86. The smallest absolute Gasteiger partial charge is 0.265 e. The average Bonchev–Trinajstić information content (AvgIpc) is 2.71. The maximum absolute atomic E-state index is 13.3. The van der Waals surface area contributed by atoms with E-state index in [4.69, 9.17) is 0 Å². The van der Waals surface area contributed by atoms with E-state index in [2.05, 4.69) is 11.9 Å². The van der Waals surface area contributed by atoms with Gasteiger partial charge in [-0.3, -0.25) is 14.2 Å². The molecule has 3 aromatic rings. The van der Waals surface area contributed by atoms with Crippen LogP contribution in [0.3, 0.4) is 0 Å². The first-order chi connectivity index (χ1) is 13.5. The van der Waals surface area contributed by atoms with Gasteiger partial charge in [-0.2, -0.15) is 0 Å². The second kappa shape index (κ2) is 7.58. The Morgan fingerprint density at radius 1 is 1.14 bits per heavy atom. The maximum Gasteiger partial charge on any atom is 0.265 e. The van der Waals surface area contributed by atoms with Crippen LogP contribution in [0.25, 0.3) is 11.0 Å². The van der Waals surface area contributed by atoms with Crippen LogP contribution in [0.1, 0.15) is 41.3 Å². The third-order valence-electron chi connectivity index (χ3n) is 5.61. The average molecular weight is 375 g/mol. The summed E-state index contributed by atoms with van der Waals surface area (Å²) in [7, 11) is 0. The van der Waals surface area contributed by atoms with E-state index in [1.807, 2.05) is 48.2 Å². The fraction of sp³-hybridized carbons (Fsp3) is 0.348. The number of benzene rings is 1. The highest BCUT2D eigenvalue weighted by molar-refractivity contribution is 5.97. The Hall–Kier alpha value is -2.95. The molecule has 1 aliphatic rings. The lowest BCUT2D eigenvalue weighted by molar-refractivity contribution is 0.0695. The highest BCUT2D eigenvalue weighted by Crippen LogP contribution is 2.19. The Morgan fingerprint density at radius 3 is 2.57 bits per heavy atom. The van der Waals surface area contributed by atoms with Crippen LogP contribution < -0.4 is 5.56 Å². The number of carbonyl (C=O) groups is 1. The Bertz CT molecular complexity index is 1060. The molecule has 1 amide bonds. The van der Waals surface area contributed by atoms with Crippen LogP contribution in [0.2, 0.25) is 0 Å². The minimum Gasteiger partial charge on any atom is -0.338 e. The molecule has 0 spiro atoms. The summed E-state index contributed by atoms with van der Waals surface area (Å²) in [6, 6.07) is 13.5. The van der Waals surface area contributed by atoms with Gasteiger partial charge in [0.05, 0.1) is 6.54 Å². The van der Waals surface area contributed by atoms with Crippen LogP contribution >= 0.6 is 0 Å². The fourth-order valence-electron chi connectivity index (χ4n) is 3.76. The quantitative estimate of drug-likeness (QED) is 0.702. The zero-order valence-electron chi connectivity index (χ0n) is 16.4. The van der Waals surface area contributed by atoms with Crippen molar-refractivity contribution in [2.75, 3.05) is 13.1 Å². The van der Waals surface area contributed by atoms with Crippen LogP contribution in [0.15, 0.2) is 53.5 Å². The predicted octanol–water partition coefficient (Wildman–Crippen LogP) is 3.63. The number of rotatable bonds is 3. The van der Waals surface area contributed by atoms with Crippen LogP contribution in [0.5, 0.6) is 0 Å². The van der Waals surface area contributed by atoms with Crippen molar-refractivity contribution in [1.82, 2.24) is 14.5 Å². The number of pyridine rings is 2. The number of aryl methyl sites for hydroxylation is 1. The molecule has 0 atom stereocenters. The number of hydrogen-bond acceptors (Lipinski definition) is 3. The number of fused-ring (bicyclic) bond motifs is 1. The van der Waals surface area contributed by atoms with Gasteiger partial charge < -0.3 is 4.90 Å². The highest BCUT2D eigenvalue weighted by atomic mass is 16.2. The van der Waals surface area contributed by atoms with E-state index in [1.165, 1.54) is 5.56 Å². The number of likely N-dealkylation sites (tertiary alicyclic amines) is 1. The zero-order valence-corrected chi connectivity index (χ0v) is 16.4. The number of hydrogen-bond donors (Lipinski definition) is 0. The lowest BCUT2D eigenvalue weighted by atomic mass is 9.98. The van der Waals surface area contributed by atoms with Crippen molar-refractivity contribution in [3.63, 3.8) is 0 Å². The molecular weight excluding hydrogens is 350 g/mol. The van der Waals surface area contributed by atoms with Crippen molar-refractivity contribution in [3.8, 4) is 0 Å². The molecule has 28 heavy (non-hydrogen) atoms. The predicted molar refractivity (Wildman–Crippen MR) is 111 cm³/mol. The zero-order chi connectivity index (χ0) is 19.7. The second-order valence-corrected chi connectivity index (χ2v) is 7.83. The van der Waals surface area contributed by atoms with E-state index in [1.54, 1.807) is 16.8 Å². The number of amides is 1. The molecule has 0 radical (unpaired) electrons. The molecule has 0 aliphatic carbocycles. The first kappa shape index (κ1) is 18.4. The van der Waals surface area contributed by atoms with Crippen molar-refractivity contribution in [3.05, 3.63) is 75.7 Å². The number of carbonyl (C=O) groups excluding carboxylic acids is 1. The molecule has 144 valence electrons. The summed E-state index contributed by atoms with van der Waals surface area (Å²) in [5, 5.41) is 0.808. The van der Waals surface area contributed by atoms with Crippen molar-refractivity contribution < 1.29 is 4.79 Å². The molecule has 1 aliphatic heterocycles. The van der Waals surface area contributed by atoms with E-state index in [0.29, 0.717) is 31.2 Å². The molecule has 5 nitrogen and oxygen atoms in total. The van der Waals surface area contributed by atoms with Gasteiger partial charge in [-0.05, 0) is 49.4 Å². The highest BCUT2D eigenvalue weighted by Gasteiger charge is 2.25. The normalized spacial score (nSPS) is 15.1. The van der Waals surface area contributed by atoms with Gasteiger partial charge in [-0.15, -0.1) is 0 Å². The molecular formula is C23H25N3O2. The van der Waals surface area contributed by atoms with Crippen molar-refractivity contribution in [2.24, 2.45) is 5.92 Å². The molecule has 1 fully saturated rings. The molecule has 3 heterocycles. The van der Waals surface area contributed by atoms with E-state index in [9.17, 15) is 9.59 Å². The topological polar surface area (TPSA) is 55.2 Å². The van der Waals surface area contributed by atoms with E-state index in [0.717, 1.165) is 23.8 Å². The molecule has 0 N–H and O–H groups in total. The first-order valence-corrected chi connectivity index (χ1v) is 9.86. The van der Waals surface area contributed by atoms with Gasteiger partial charge in [0.1, 0.15) is 11.2 Å². The van der Waals surface area contributed by atoms with Gasteiger partial charge in [-0.1, -0.05) is 36.8 Å². The Morgan fingerprint density at radius 2 is 1.86 bits per heavy atom. The van der Waals surface area contributed by atoms with Crippen molar-refractivity contribution >= 4 is 16.9 Å².